The van der Waals surface area contributed by atoms with Gasteiger partial charge < -0.3 is 14.8 Å². The molecule has 7 nitrogen and oxygen atoms in total. The molecule has 3 aromatic rings. The number of nitrogens with one attached hydrogen (secondary N) is 1. The molecule has 1 aromatic carbocycles. The van der Waals surface area contributed by atoms with E-state index in [0.29, 0.717) is 18.5 Å². The van der Waals surface area contributed by atoms with E-state index in [2.05, 4.69) is 30.8 Å². The van der Waals surface area contributed by atoms with Crippen LogP contribution in [0.4, 0.5) is 5.82 Å². The van der Waals surface area contributed by atoms with Gasteiger partial charge in [-0.1, -0.05) is 12.1 Å². The summed E-state index contributed by atoms with van der Waals surface area (Å²) in [6, 6.07) is 11.4. The average molecular weight is 372 g/mol. The molecule has 140 valence electrons. The van der Waals surface area contributed by atoms with Gasteiger partial charge in [0.1, 0.15) is 17.8 Å². The molecule has 1 aliphatic heterocycles. The third-order valence-electron chi connectivity index (χ3n) is 5.85. The number of nitrogens with zero attached hydrogens (tertiary/aromatic N) is 5. The van der Waals surface area contributed by atoms with Gasteiger partial charge >= 0.3 is 0 Å². The van der Waals surface area contributed by atoms with E-state index in [1.54, 1.807) is 18.5 Å². The van der Waals surface area contributed by atoms with Gasteiger partial charge in [0.05, 0.1) is 29.0 Å². The van der Waals surface area contributed by atoms with E-state index in [9.17, 15) is 4.79 Å². The summed E-state index contributed by atoms with van der Waals surface area (Å²) in [5, 5.41) is 9.95. The van der Waals surface area contributed by atoms with Crippen molar-refractivity contribution in [2.45, 2.75) is 24.8 Å². The molecule has 2 fully saturated rings. The van der Waals surface area contributed by atoms with Crippen LogP contribution in [0.3, 0.4) is 0 Å². The molecular weight excluding hydrogens is 352 g/mol. The zero-order chi connectivity index (χ0) is 19.1. The summed E-state index contributed by atoms with van der Waals surface area (Å²) in [4.78, 5) is 29.3. The molecular formula is C21H20N6O. The average Bonchev–Trinajstić information content (AvgIpc) is 3.30. The number of benzene rings is 1. The van der Waals surface area contributed by atoms with Gasteiger partial charge in [0.25, 0.3) is 0 Å². The number of hydrogen-bond acceptors (Lipinski definition) is 5. The fraction of sp³-hybridized carbons (Fsp3) is 0.333. The molecule has 0 bridgehead atoms. The third kappa shape index (κ3) is 2.78. The first-order valence-electron chi connectivity index (χ1n) is 9.51. The second kappa shape index (κ2) is 6.34. The molecule has 1 aliphatic carbocycles. The first-order chi connectivity index (χ1) is 13.7. The molecule has 28 heavy (non-hydrogen) atoms. The number of aromatic nitrogens is 3. The van der Waals surface area contributed by atoms with Crippen molar-refractivity contribution in [2.24, 2.45) is 0 Å². The highest BCUT2D eigenvalue weighted by Gasteiger charge is 2.53. The molecule has 2 aliphatic rings. The molecule has 1 amide bonds. The summed E-state index contributed by atoms with van der Waals surface area (Å²) in [6.45, 7) is 2.27. The number of aromatic amines is 1. The van der Waals surface area contributed by atoms with Crippen LogP contribution in [0.15, 0.2) is 42.9 Å². The van der Waals surface area contributed by atoms with E-state index in [4.69, 9.17) is 5.26 Å². The number of fused-ring (bicyclic) bond motifs is 1. The fourth-order valence-electron chi connectivity index (χ4n) is 4.20. The Labute approximate surface area is 162 Å². The molecule has 1 saturated carbocycles. The van der Waals surface area contributed by atoms with Crippen LogP contribution in [0.5, 0.6) is 0 Å². The first-order valence-corrected chi connectivity index (χ1v) is 9.51. The second-order valence-electron chi connectivity index (χ2n) is 7.61. The standard InChI is InChI=1S/C21H20N6O/c22-12-16-3-1-15(2-4-16)11-18(28)27-10-9-26(13-21(27)6-7-21)20-17-5-8-23-19(17)24-14-25-20/h1-5,8,14H,6-7,9-11,13H2,(H,23,24,25). The lowest BCUT2D eigenvalue weighted by Crippen LogP contribution is -2.57. The normalized spacial score (nSPS) is 17.7. The highest BCUT2D eigenvalue weighted by atomic mass is 16.2. The number of amides is 1. The van der Waals surface area contributed by atoms with E-state index in [1.165, 1.54) is 0 Å². The number of anilines is 1. The van der Waals surface area contributed by atoms with Crippen LogP contribution in [0.2, 0.25) is 0 Å². The molecule has 0 radical (unpaired) electrons. The van der Waals surface area contributed by atoms with Crippen LogP contribution < -0.4 is 4.90 Å². The maximum atomic E-state index is 13.0. The van der Waals surface area contributed by atoms with Crippen LogP contribution in [0.1, 0.15) is 24.0 Å². The summed E-state index contributed by atoms with van der Waals surface area (Å²) in [5.41, 5.74) is 2.33. The number of H-pyrrole nitrogens is 1. The van der Waals surface area contributed by atoms with E-state index in [0.717, 1.165) is 48.3 Å². The summed E-state index contributed by atoms with van der Waals surface area (Å²) < 4.78 is 0. The van der Waals surface area contributed by atoms with E-state index < -0.39 is 0 Å². The molecule has 7 heteroatoms. The van der Waals surface area contributed by atoms with Gasteiger partial charge in [-0.2, -0.15) is 5.26 Å². The Hall–Kier alpha value is -3.40. The molecule has 5 rings (SSSR count). The van der Waals surface area contributed by atoms with Crippen LogP contribution >= 0.6 is 0 Å². The van der Waals surface area contributed by atoms with E-state index >= 15 is 0 Å². The molecule has 2 aromatic heterocycles. The van der Waals surface area contributed by atoms with E-state index in [1.807, 2.05) is 24.4 Å². The molecule has 0 atom stereocenters. The maximum Gasteiger partial charge on any atom is 0.227 e. The van der Waals surface area contributed by atoms with Crippen molar-refractivity contribution in [2.75, 3.05) is 24.5 Å². The number of carbonyl (C=O) groups is 1. The van der Waals surface area contributed by atoms with E-state index in [-0.39, 0.29) is 11.4 Å². The molecule has 1 N–H and O–H groups in total. The van der Waals surface area contributed by atoms with Gasteiger partial charge in [-0.15, -0.1) is 0 Å². The summed E-state index contributed by atoms with van der Waals surface area (Å²) in [5.74, 6) is 1.10. The first kappa shape index (κ1) is 16.8. The number of rotatable bonds is 3. The Morgan fingerprint density at radius 2 is 2.00 bits per heavy atom. The summed E-state index contributed by atoms with van der Waals surface area (Å²) >= 11 is 0. The lowest BCUT2D eigenvalue weighted by Gasteiger charge is -2.43. The minimum atomic E-state index is -0.0739. The number of hydrogen-bond donors (Lipinski definition) is 1. The number of piperazine rings is 1. The monoisotopic (exact) mass is 372 g/mol. The second-order valence-corrected chi connectivity index (χ2v) is 7.61. The fourth-order valence-corrected chi connectivity index (χ4v) is 4.20. The molecule has 1 saturated heterocycles. The Morgan fingerprint density at radius 1 is 1.18 bits per heavy atom. The van der Waals surface area contributed by atoms with Crippen molar-refractivity contribution < 1.29 is 4.79 Å². The number of carbonyl (C=O) groups excluding carboxylic acids is 1. The van der Waals surface area contributed by atoms with Crippen molar-refractivity contribution in [3.05, 3.63) is 54.0 Å². The Kier molecular flexibility index (Phi) is 3.79. The quantitative estimate of drug-likeness (QED) is 0.762. The summed E-state index contributed by atoms with van der Waals surface area (Å²) in [7, 11) is 0. The van der Waals surface area contributed by atoms with Crippen molar-refractivity contribution in [1.29, 1.82) is 5.26 Å². The van der Waals surface area contributed by atoms with Gasteiger partial charge in [0.15, 0.2) is 0 Å². The largest absolute Gasteiger partial charge is 0.352 e. The third-order valence-corrected chi connectivity index (χ3v) is 5.85. The Bertz CT molecular complexity index is 1080. The highest BCUT2D eigenvalue weighted by molar-refractivity contribution is 5.87. The van der Waals surface area contributed by atoms with Crippen molar-refractivity contribution >= 4 is 22.8 Å². The van der Waals surface area contributed by atoms with Gasteiger partial charge in [-0.3, -0.25) is 4.79 Å². The van der Waals surface area contributed by atoms with Crippen molar-refractivity contribution in [1.82, 2.24) is 19.9 Å². The topological polar surface area (TPSA) is 88.9 Å². The minimum Gasteiger partial charge on any atom is -0.352 e. The summed E-state index contributed by atoms with van der Waals surface area (Å²) in [6.07, 6.45) is 5.92. The minimum absolute atomic E-state index is 0.0739. The van der Waals surface area contributed by atoms with Crippen molar-refractivity contribution in [3.63, 3.8) is 0 Å². The highest BCUT2D eigenvalue weighted by Crippen LogP contribution is 2.45. The number of nitriles is 1. The maximum absolute atomic E-state index is 13.0. The SMILES string of the molecule is N#Cc1ccc(CC(=O)N2CCN(c3ncnc4[nH]ccc34)CC23CC3)cc1. The van der Waals surface area contributed by atoms with Gasteiger partial charge in [0, 0.05) is 25.8 Å². The smallest absolute Gasteiger partial charge is 0.227 e. The van der Waals surface area contributed by atoms with Crippen molar-refractivity contribution in [3.8, 4) is 6.07 Å². The predicted octanol–water partition coefficient (Wildman–Crippen LogP) is 2.25. The zero-order valence-electron chi connectivity index (χ0n) is 15.4. The van der Waals surface area contributed by atoms with Crippen LogP contribution in [-0.4, -0.2) is 50.9 Å². The Balaban J connectivity index is 1.33. The lowest BCUT2D eigenvalue weighted by molar-refractivity contribution is -0.134. The zero-order valence-corrected chi connectivity index (χ0v) is 15.4. The van der Waals surface area contributed by atoms with Gasteiger partial charge in [-0.05, 0) is 36.6 Å². The van der Waals surface area contributed by atoms with Gasteiger partial charge in [-0.25, -0.2) is 9.97 Å². The van der Waals surface area contributed by atoms with Crippen LogP contribution in [-0.2, 0) is 11.2 Å². The molecule has 0 unspecified atom stereocenters. The Morgan fingerprint density at radius 3 is 2.75 bits per heavy atom. The molecule has 3 heterocycles. The molecule has 1 spiro atoms. The van der Waals surface area contributed by atoms with Crippen LogP contribution in [0.25, 0.3) is 11.0 Å². The van der Waals surface area contributed by atoms with Gasteiger partial charge in [0.2, 0.25) is 5.91 Å². The lowest BCUT2D eigenvalue weighted by atomic mass is 10.1. The predicted molar refractivity (Wildman–Crippen MR) is 105 cm³/mol. The van der Waals surface area contributed by atoms with Crippen LogP contribution in [0, 0.1) is 11.3 Å².